The second kappa shape index (κ2) is 6.50. The number of nitrogens with one attached hydrogen (secondary N) is 1. The molecule has 0 radical (unpaired) electrons. The van der Waals surface area contributed by atoms with E-state index in [0.717, 1.165) is 19.8 Å². The molecule has 5 heteroatoms. The molecule has 5 nitrogen and oxygen atoms in total. The monoisotopic (exact) mass is 257 g/mol. The Morgan fingerprint density at radius 1 is 1.56 bits per heavy atom. The molecule has 1 saturated heterocycles. The molecule has 1 amide bonds. The zero-order valence-corrected chi connectivity index (χ0v) is 12.0. The van der Waals surface area contributed by atoms with Gasteiger partial charge in [0.2, 0.25) is 5.91 Å². The van der Waals surface area contributed by atoms with Crippen LogP contribution in [0.15, 0.2) is 0 Å². The van der Waals surface area contributed by atoms with Gasteiger partial charge in [-0.3, -0.25) is 9.69 Å². The number of hydrogen-bond donors (Lipinski definition) is 2. The summed E-state index contributed by atoms with van der Waals surface area (Å²) in [5.74, 6) is 0.0663. The molecular weight excluding hydrogens is 230 g/mol. The Labute approximate surface area is 110 Å². The molecule has 1 rings (SSSR count). The Kier molecular flexibility index (Phi) is 5.56. The van der Waals surface area contributed by atoms with Crippen molar-refractivity contribution in [1.29, 1.82) is 0 Å². The standard InChI is InChI=1S/C13H27N3O2/c1-10-9-18-6-5-16(10)11(8-14)7-12(17)15-13(2,3)4/h10-11H,5-9,14H2,1-4H3,(H,15,17). The summed E-state index contributed by atoms with van der Waals surface area (Å²) in [6.45, 7) is 10.9. The second-order valence-corrected chi connectivity index (χ2v) is 6.05. The average molecular weight is 257 g/mol. The van der Waals surface area contributed by atoms with Crippen molar-refractivity contribution < 1.29 is 9.53 Å². The molecule has 2 unspecified atom stereocenters. The maximum absolute atomic E-state index is 12.0. The summed E-state index contributed by atoms with van der Waals surface area (Å²) in [6, 6.07) is 0.431. The highest BCUT2D eigenvalue weighted by Gasteiger charge is 2.28. The van der Waals surface area contributed by atoms with E-state index in [4.69, 9.17) is 10.5 Å². The van der Waals surface area contributed by atoms with Crippen LogP contribution in [-0.2, 0) is 9.53 Å². The zero-order chi connectivity index (χ0) is 13.8. The van der Waals surface area contributed by atoms with Crippen molar-refractivity contribution >= 4 is 5.91 Å². The Balaban J connectivity index is 2.53. The molecule has 1 heterocycles. The van der Waals surface area contributed by atoms with Gasteiger partial charge in [0, 0.05) is 37.1 Å². The van der Waals surface area contributed by atoms with Crippen molar-refractivity contribution in [1.82, 2.24) is 10.2 Å². The topological polar surface area (TPSA) is 67.6 Å². The van der Waals surface area contributed by atoms with E-state index in [2.05, 4.69) is 17.1 Å². The molecule has 0 spiro atoms. The van der Waals surface area contributed by atoms with Gasteiger partial charge in [0.1, 0.15) is 0 Å². The number of morpholine rings is 1. The number of nitrogens with zero attached hydrogens (tertiary/aromatic N) is 1. The van der Waals surface area contributed by atoms with Gasteiger partial charge >= 0.3 is 0 Å². The van der Waals surface area contributed by atoms with Crippen LogP contribution in [0, 0.1) is 0 Å². The van der Waals surface area contributed by atoms with Crippen molar-refractivity contribution in [2.24, 2.45) is 5.73 Å². The van der Waals surface area contributed by atoms with E-state index in [9.17, 15) is 4.79 Å². The largest absolute Gasteiger partial charge is 0.379 e. The fourth-order valence-electron chi connectivity index (χ4n) is 2.30. The molecule has 1 aliphatic heterocycles. The molecule has 0 aromatic rings. The SMILES string of the molecule is CC1COCCN1C(CN)CC(=O)NC(C)(C)C. The van der Waals surface area contributed by atoms with E-state index >= 15 is 0 Å². The lowest BCUT2D eigenvalue weighted by Crippen LogP contribution is -2.54. The zero-order valence-electron chi connectivity index (χ0n) is 12.0. The molecule has 0 saturated carbocycles. The lowest BCUT2D eigenvalue weighted by Gasteiger charge is -2.39. The Hall–Kier alpha value is -0.650. The summed E-state index contributed by atoms with van der Waals surface area (Å²) in [4.78, 5) is 14.2. The van der Waals surface area contributed by atoms with Gasteiger partial charge < -0.3 is 15.8 Å². The molecule has 106 valence electrons. The van der Waals surface area contributed by atoms with Gasteiger partial charge in [-0.05, 0) is 27.7 Å². The highest BCUT2D eigenvalue weighted by atomic mass is 16.5. The molecule has 1 aliphatic rings. The Morgan fingerprint density at radius 2 is 2.22 bits per heavy atom. The van der Waals surface area contributed by atoms with Gasteiger partial charge in [-0.25, -0.2) is 0 Å². The molecule has 1 fully saturated rings. The minimum atomic E-state index is -0.188. The number of carbonyl (C=O) groups excluding carboxylic acids is 1. The average Bonchev–Trinajstić information content (AvgIpc) is 2.24. The number of nitrogens with two attached hydrogens (primary N) is 1. The third kappa shape index (κ3) is 4.92. The number of hydrogen-bond acceptors (Lipinski definition) is 4. The summed E-state index contributed by atoms with van der Waals surface area (Å²) in [5, 5.41) is 2.99. The molecule has 3 N–H and O–H groups in total. The number of rotatable bonds is 4. The summed E-state index contributed by atoms with van der Waals surface area (Å²) in [7, 11) is 0. The third-order valence-corrected chi connectivity index (χ3v) is 3.10. The summed E-state index contributed by atoms with van der Waals surface area (Å²) in [5.41, 5.74) is 5.63. The van der Waals surface area contributed by atoms with Crippen LogP contribution in [0.25, 0.3) is 0 Å². The minimum Gasteiger partial charge on any atom is -0.379 e. The van der Waals surface area contributed by atoms with Crippen LogP contribution in [0.4, 0.5) is 0 Å². The van der Waals surface area contributed by atoms with E-state index in [1.165, 1.54) is 0 Å². The van der Waals surface area contributed by atoms with Crippen LogP contribution in [0.1, 0.15) is 34.1 Å². The van der Waals surface area contributed by atoms with E-state index in [0.29, 0.717) is 19.0 Å². The van der Waals surface area contributed by atoms with Crippen LogP contribution in [-0.4, -0.2) is 54.7 Å². The lowest BCUT2D eigenvalue weighted by molar-refractivity contribution is -0.124. The van der Waals surface area contributed by atoms with Crippen molar-refractivity contribution in [2.45, 2.75) is 51.7 Å². The molecular formula is C13H27N3O2. The van der Waals surface area contributed by atoms with Crippen LogP contribution < -0.4 is 11.1 Å². The number of amides is 1. The molecule has 0 aliphatic carbocycles. The van der Waals surface area contributed by atoms with E-state index in [1.54, 1.807) is 0 Å². The van der Waals surface area contributed by atoms with E-state index in [-0.39, 0.29) is 17.5 Å². The molecule has 0 bridgehead atoms. The summed E-state index contributed by atoms with van der Waals surface area (Å²) >= 11 is 0. The van der Waals surface area contributed by atoms with E-state index in [1.807, 2.05) is 20.8 Å². The molecule has 0 aromatic carbocycles. The van der Waals surface area contributed by atoms with E-state index < -0.39 is 0 Å². The highest BCUT2D eigenvalue weighted by molar-refractivity contribution is 5.77. The van der Waals surface area contributed by atoms with Crippen LogP contribution in [0.2, 0.25) is 0 Å². The first-order valence-electron chi connectivity index (χ1n) is 6.68. The fourth-order valence-corrected chi connectivity index (χ4v) is 2.30. The van der Waals surface area contributed by atoms with Crippen LogP contribution >= 0.6 is 0 Å². The maximum atomic E-state index is 12.0. The Bertz CT molecular complexity index is 276. The summed E-state index contributed by atoms with van der Waals surface area (Å²) < 4.78 is 5.41. The minimum absolute atomic E-state index is 0.0663. The molecule has 0 aromatic heterocycles. The fraction of sp³-hybridized carbons (Fsp3) is 0.923. The quantitative estimate of drug-likeness (QED) is 0.762. The first-order chi connectivity index (χ1) is 8.33. The van der Waals surface area contributed by atoms with Gasteiger partial charge in [-0.1, -0.05) is 0 Å². The van der Waals surface area contributed by atoms with Crippen LogP contribution in [0.5, 0.6) is 0 Å². The summed E-state index contributed by atoms with van der Waals surface area (Å²) in [6.07, 6.45) is 0.456. The van der Waals surface area contributed by atoms with Gasteiger partial charge in [0.05, 0.1) is 13.2 Å². The molecule has 18 heavy (non-hydrogen) atoms. The van der Waals surface area contributed by atoms with Crippen molar-refractivity contribution in [2.75, 3.05) is 26.3 Å². The molecule has 2 atom stereocenters. The van der Waals surface area contributed by atoms with Gasteiger partial charge in [-0.15, -0.1) is 0 Å². The van der Waals surface area contributed by atoms with Crippen molar-refractivity contribution in [3.63, 3.8) is 0 Å². The van der Waals surface area contributed by atoms with Gasteiger partial charge in [-0.2, -0.15) is 0 Å². The first kappa shape index (κ1) is 15.4. The smallest absolute Gasteiger partial charge is 0.222 e. The number of ether oxygens (including phenoxy) is 1. The first-order valence-corrected chi connectivity index (χ1v) is 6.68. The van der Waals surface area contributed by atoms with Gasteiger partial charge in [0.15, 0.2) is 0 Å². The predicted octanol–water partition coefficient (Wildman–Crippen LogP) is 0.339. The normalized spacial score (nSPS) is 23.7. The van der Waals surface area contributed by atoms with Crippen molar-refractivity contribution in [3.8, 4) is 0 Å². The van der Waals surface area contributed by atoms with Crippen LogP contribution in [0.3, 0.4) is 0 Å². The Morgan fingerprint density at radius 3 is 2.72 bits per heavy atom. The van der Waals surface area contributed by atoms with Crippen molar-refractivity contribution in [3.05, 3.63) is 0 Å². The maximum Gasteiger partial charge on any atom is 0.222 e. The highest BCUT2D eigenvalue weighted by Crippen LogP contribution is 2.13. The number of carbonyl (C=O) groups is 1. The predicted molar refractivity (Wildman–Crippen MR) is 72.3 cm³/mol. The third-order valence-electron chi connectivity index (χ3n) is 3.10. The van der Waals surface area contributed by atoms with Gasteiger partial charge in [0.25, 0.3) is 0 Å². The lowest BCUT2D eigenvalue weighted by atomic mass is 10.1. The second-order valence-electron chi connectivity index (χ2n) is 6.05.